The van der Waals surface area contributed by atoms with E-state index in [1.54, 1.807) is 7.11 Å². The summed E-state index contributed by atoms with van der Waals surface area (Å²) in [5, 5.41) is 13.6. The predicted octanol–water partition coefficient (Wildman–Crippen LogP) is 2.05. The number of furan rings is 1. The summed E-state index contributed by atoms with van der Waals surface area (Å²) in [6.07, 6.45) is 1.55. The van der Waals surface area contributed by atoms with E-state index in [-0.39, 0.29) is 6.10 Å². The van der Waals surface area contributed by atoms with Crippen LogP contribution < -0.4 is 10.1 Å². The topological polar surface area (TPSA) is 54.6 Å². The Kier molecular flexibility index (Phi) is 2.97. The number of benzene rings is 1. The standard InChI is InChI=1S/C14H17NO3/c1-17-13-4-2-3-9-5-12(18-14(9)13)8-15-10-6-11(16)7-10/h2-5,10-11,15-16H,6-8H2,1H3. The minimum absolute atomic E-state index is 0.127. The molecule has 1 aliphatic rings. The average Bonchev–Trinajstić information content (AvgIpc) is 2.75. The summed E-state index contributed by atoms with van der Waals surface area (Å²) in [6, 6.07) is 8.30. The Labute approximate surface area is 106 Å². The number of hydrogen-bond acceptors (Lipinski definition) is 4. The van der Waals surface area contributed by atoms with Gasteiger partial charge in [-0.2, -0.15) is 0 Å². The summed E-state index contributed by atoms with van der Waals surface area (Å²) in [6.45, 7) is 0.690. The van der Waals surface area contributed by atoms with Crippen molar-refractivity contribution in [1.82, 2.24) is 5.32 Å². The van der Waals surface area contributed by atoms with Crippen LogP contribution in [0, 0.1) is 0 Å². The van der Waals surface area contributed by atoms with Crippen molar-refractivity contribution in [2.45, 2.75) is 31.5 Å². The molecular formula is C14H17NO3. The van der Waals surface area contributed by atoms with Gasteiger partial charge < -0.3 is 19.6 Å². The zero-order chi connectivity index (χ0) is 12.5. The van der Waals surface area contributed by atoms with Crippen molar-refractivity contribution in [3.05, 3.63) is 30.0 Å². The van der Waals surface area contributed by atoms with E-state index in [0.717, 1.165) is 35.3 Å². The molecular weight excluding hydrogens is 230 g/mol. The lowest BCUT2D eigenvalue weighted by Gasteiger charge is -2.31. The molecule has 18 heavy (non-hydrogen) atoms. The van der Waals surface area contributed by atoms with Crippen molar-refractivity contribution < 1.29 is 14.3 Å². The first-order chi connectivity index (χ1) is 8.76. The van der Waals surface area contributed by atoms with Crippen LogP contribution in [0.4, 0.5) is 0 Å². The molecule has 96 valence electrons. The first-order valence-electron chi connectivity index (χ1n) is 6.23. The Bertz CT molecular complexity index is 543. The van der Waals surface area contributed by atoms with E-state index in [2.05, 4.69) is 5.32 Å². The SMILES string of the molecule is COc1cccc2cc(CNC3CC(O)C3)oc12. The molecule has 0 aliphatic heterocycles. The maximum atomic E-state index is 9.22. The lowest BCUT2D eigenvalue weighted by molar-refractivity contribution is 0.0612. The number of nitrogens with one attached hydrogen (secondary N) is 1. The number of aliphatic hydroxyl groups is 1. The Morgan fingerprint density at radius 2 is 2.28 bits per heavy atom. The minimum Gasteiger partial charge on any atom is -0.493 e. The van der Waals surface area contributed by atoms with Crippen molar-refractivity contribution in [3.63, 3.8) is 0 Å². The summed E-state index contributed by atoms with van der Waals surface area (Å²) in [5.41, 5.74) is 0.797. The van der Waals surface area contributed by atoms with Crippen molar-refractivity contribution in [2.24, 2.45) is 0 Å². The van der Waals surface area contributed by atoms with Crippen LogP contribution in [0.15, 0.2) is 28.7 Å². The third-order valence-electron chi connectivity index (χ3n) is 3.46. The zero-order valence-electron chi connectivity index (χ0n) is 10.3. The number of ether oxygens (including phenoxy) is 1. The highest BCUT2D eigenvalue weighted by Gasteiger charge is 2.26. The molecule has 2 N–H and O–H groups in total. The van der Waals surface area contributed by atoms with E-state index in [0.29, 0.717) is 12.6 Å². The fourth-order valence-corrected chi connectivity index (χ4v) is 2.34. The van der Waals surface area contributed by atoms with E-state index in [1.807, 2.05) is 24.3 Å². The van der Waals surface area contributed by atoms with E-state index in [4.69, 9.17) is 9.15 Å². The number of aliphatic hydroxyl groups excluding tert-OH is 1. The number of rotatable bonds is 4. The van der Waals surface area contributed by atoms with E-state index in [9.17, 15) is 5.11 Å². The second kappa shape index (κ2) is 4.63. The van der Waals surface area contributed by atoms with Gasteiger partial charge in [-0.15, -0.1) is 0 Å². The Hall–Kier alpha value is -1.52. The van der Waals surface area contributed by atoms with Crippen LogP contribution in [-0.2, 0) is 6.54 Å². The van der Waals surface area contributed by atoms with Gasteiger partial charge in [0.1, 0.15) is 5.76 Å². The number of methoxy groups -OCH3 is 1. The molecule has 1 aromatic carbocycles. The molecule has 0 amide bonds. The van der Waals surface area contributed by atoms with E-state index >= 15 is 0 Å². The molecule has 1 heterocycles. The lowest BCUT2D eigenvalue weighted by Crippen LogP contribution is -2.43. The van der Waals surface area contributed by atoms with Gasteiger partial charge in [0.15, 0.2) is 11.3 Å². The van der Waals surface area contributed by atoms with E-state index in [1.165, 1.54) is 0 Å². The molecule has 3 rings (SSSR count). The highest BCUT2D eigenvalue weighted by atomic mass is 16.5. The second-order valence-electron chi connectivity index (χ2n) is 4.79. The normalized spacial score (nSPS) is 23.0. The molecule has 0 bridgehead atoms. The molecule has 0 unspecified atom stereocenters. The molecule has 2 aromatic rings. The van der Waals surface area contributed by atoms with Gasteiger partial charge in [-0.1, -0.05) is 12.1 Å². The van der Waals surface area contributed by atoms with Gasteiger partial charge in [0.2, 0.25) is 0 Å². The van der Waals surface area contributed by atoms with Crippen molar-refractivity contribution in [1.29, 1.82) is 0 Å². The first-order valence-corrected chi connectivity index (χ1v) is 6.23. The number of hydrogen-bond donors (Lipinski definition) is 2. The maximum Gasteiger partial charge on any atom is 0.176 e. The third kappa shape index (κ3) is 2.09. The summed E-state index contributed by atoms with van der Waals surface area (Å²) < 4.78 is 11.1. The Morgan fingerprint density at radius 3 is 3.00 bits per heavy atom. The van der Waals surface area contributed by atoms with Crippen LogP contribution in [0.5, 0.6) is 5.75 Å². The van der Waals surface area contributed by atoms with Crippen molar-refractivity contribution >= 4 is 11.0 Å². The monoisotopic (exact) mass is 247 g/mol. The van der Waals surface area contributed by atoms with Gasteiger partial charge in [0.25, 0.3) is 0 Å². The van der Waals surface area contributed by atoms with Gasteiger partial charge in [-0.25, -0.2) is 0 Å². The third-order valence-corrected chi connectivity index (χ3v) is 3.46. The van der Waals surface area contributed by atoms with Gasteiger partial charge in [-0.05, 0) is 25.0 Å². The van der Waals surface area contributed by atoms with Crippen LogP contribution in [0.3, 0.4) is 0 Å². The Morgan fingerprint density at radius 1 is 1.44 bits per heavy atom. The van der Waals surface area contributed by atoms with Crippen LogP contribution in [0.1, 0.15) is 18.6 Å². The summed E-state index contributed by atoms with van der Waals surface area (Å²) >= 11 is 0. The molecule has 0 radical (unpaired) electrons. The summed E-state index contributed by atoms with van der Waals surface area (Å²) in [5.74, 6) is 1.66. The molecule has 0 atom stereocenters. The van der Waals surface area contributed by atoms with Gasteiger partial charge >= 0.3 is 0 Å². The van der Waals surface area contributed by atoms with Crippen molar-refractivity contribution in [3.8, 4) is 5.75 Å². The quantitative estimate of drug-likeness (QED) is 0.868. The fourth-order valence-electron chi connectivity index (χ4n) is 2.34. The second-order valence-corrected chi connectivity index (χ2v) is 4.79. The zero-order valence-corrected chi connectivity index (χ0v) is 10.3. The highest BCUT2D eigenvalue weighted by molar-refractivity contribution is 5.83. The average molecular weight is 247 g/mol. The van der Waals surface area contributed by atoms with Gasteiger partial charge in [-0.3, -0.25) is 0 Å². The molecule has 0 spiro atoms. The molecule has 1 aliphatic carbocycles. The number of fused-ring (bicyclic) bond motifs is 1. The largest absolute Gasteiger partial charge is 0.493 e. The molecule has 1 saturated carbocycles. The van der Waals surface area contributed by atoms with Crippen LogP contribution in [-0.4, -0.2) is 24.4 Å². The smallest absolute Gasteiger partial charge is 0.176 e. The summed E-state index contributed by atoms with van der Waals surface area (Å²) in [7, 11) is 1.64. The predicted molar refractivity (Wildman–Crippen MR) is 68.6 cm³/mol. The first kappa shape index (κ1) is 11.6. The van der Waals surface area contributed by atoms with Gasteiger partial charge in [0, 0.05) is 11.4 Å². The molecule has 0 saturated heterocycles. The molecule has 1 fully saturated rings. The minimum atomic E-state index is -0.127. The van der Waals surface area contributed by atoms with Crippen LogP contribution >= 0.6 is 0 Å². The number of para-hydroxylation sites is 1. The highest BCUT2D eigenvalue weighted by Crippen LogP contribution is 2.28. The maximum absolute atomic E-state index is 9.22. The van der Waals surface area contributed by atoms with Gasteiger partial charge in [0.05, 0.1) is 19.8 Å². The van der Waals surface area contributed by atoms with Crippen LogP contribution in [0.2, 0.25) is 0 Å². The molecule has 4 nitrogen and oxygen atoms in total. The summed E-state index contributed by atoms with van der Waals surface area (Å²) in [4.78, 5) is 0. The van der Waals surface area contributed by atoms with E-state index < -0.39 is 0 Å². The molecule has 4 heteroatoms. The fraction of sp³-hybridized carbons (Fsp3) is 0.429. The van der Waals surface area contributed by atoms with Crippen molar-refractivity contribution in [2.75, 3.05) is 7.11 Å². The lowest BCUT2D eigenvalue weighted by atomic mass is 9.89. The Balaban J connectivity index is 1.73. The van der Waals surface area contributed by atoms with Crippen LogP contribution in [0.25, 0.3) is 11.0 Å². The molecule has 1 aromatic heterocycles.